The Kier molecular flexibility index (Phi) is 7.50. The van der Waals surface area contributed by atoms with Crippen LogP contribution in [0.2, 0.25) is 0 Å². The van der Waals surface area contributed by atoms with Crippen molar-refractivity contribution in [3.05, 3.63) is 35.4 Å². The number of hydrogen-bond donors (Lipinski definition) is 3. The lowest BCUT2D eigenvalue weighted by molar-refractivity contribution is -0.135. The van der Waals surface area contributed by atoms with Crippen molar-refractivity contribution in [1.29, 1.82) is 5.26 Å². The SMILES string of the molecule is C#CCNC(=O)[C@H]1C[C@H]1C(=O)NCC(NC(=O)C1(C#N)CCCOC1)c1ccc(C)cc1. The molecule has 32 heavy (non-hydrogen) atoms. The summed E-state index contributed by atoms with van der Waals surface area (Å²) in [6.07, 6.45) is 6.68. The number of hydrogen-bond acceptors (Lipinski definition) is 5. The highest BCUT2D eigenvalue weighted by Gasteiger charge is 2.48. The summed E-state index contributed by atoms with van der Waals surface area (Å²) < 4.78 is 5.40. The summed E-state index contributed by atoms with van der Waals surface area (Å²) >= 11 is 0. The van der Waals surface area contributed by atoms with Gasteiger partial charge in [0.15, 0.2) is 5.41 Å². The highest BCUT2D eigenvalue weighted by molar-refractivity contribution is 5.92. The van der Waals surface area contributed by atoms with Crippen molar-refractivity contribution in [1.82, 2.24) is 16.0 Å². The third-order valence-corrected chi connectivity index (χ3v) is 5.98. The van der Waals surface area contributed by atoms with Gasteiger partial charge in [0.2, 0.25) is 17.7 Å². The van der Waals surface area contributed by atoms with E-state index in [0.717, 1.165) is 11.1 Å². The zero-order chi connectivity index (χ0) is 23.1. The lowest BCUT2D eigenvalue weighted by Gasteiger charge is -2.31. The van der Waals surface area contributed by atoms with E-state index in [2.05, 4.69) is 27.9 Å². The van der Waals surface area contributed by atoms with Crippen molar-refractivity contribution >= 4 is 17.7 Å². The number of nitriles is 1. The average Bonchev–Trinajstić information content (AvgIpc) is 3.62. The molecule has 4 atom stereocenters. The van der Waals surface area contributed by atoms with Crippen LogP contribution >= 0.6 is 0 Å². The summed E-state index contributed by atoms with van der Waals surface area (Å²) in [5, 5.41) is 18.0. The Morgan fingerprint density at radius 2 is 1.91 bits per heavy atom. The van der Waals surface area contributed by atoms with Crippen molar-refractivity contribution in [3.63, 3.8) is 0 Å². The van der Waals surface area contributed by atoms with Gasteiger partial charge in [0.05, 0.1) is 37.1 Å². The van der Waals surface area contributed by atoms with Gasteiger partial charge in [0, 0.05) is 13.2 Å². The highest BCUT2D eigenvalue weighted by atomic mass is 16.5. The largest absolute Gasteiger partial charge is 0.379 e. The molecule has 3 N–H and O–H groups in total. The minimum Gasteiger partial charge on any atom is -0.379 e. The molecule has 168 valence electrons. The van der Waals surface area contributed by atoms with Gasteiger partial charge in [-0.3, -0.25) is 14.4 Å². The van der Waals surface area contributed by atoms with E-state index >= 15 is 0 Å². The van der Waals surface area contributed by atoms with Gasteiger partial charge in [-0.05, 0) is 31.7 Å². The van der Waals surface area contributed by atoms with Crippen LogP contribution in [-0.4, -0.2) is 44.0 Å². The molecule has 0 aromatic heterocycles. The molecule has 1 aromatic carbocycles. The van der Waals surface area contributed by atoms with Crippen molar-refractivity contribution in [3.8, 4) is 18.4 Å². The van der Waals surface area contributed by atoms with E-state index < -0.39 is 23.3 Å². The lowest BCUT2D eigenvalue weighted by Crippen LogP contribution is -2.48. The standard InChI is InChI=1S/C24H28N4O4/c1-3-10-26-21(29)18-12-19(18)22(30)27-13-20(17-7-5-16(2)6-8-17)28-23(31)24(14-25)9-4-11-32-15-24/h1,5-8,18-20H,4,9-13,15H2,2H3,(H,26,29)(H,27,30)(H,28,31)/t18-,19+,20?,24?/m0/s1. The first-order chi connectivity index (χ1) is 15.4. The Hall–Kier alpha value is -3.36. The molecule has 0 bridgehead atoms. The fourth-order valence-electron chi connectivity index (χ4n) is 3.84. The van der Waals surface area contributed by atoms with Crippen LogP contribution in [0.3, 0.4) is 0 Å². The van der Waals surface area contributed by atoms with Crippen LogP contribution < -0.4 is 16.0 Å². The van der Waals surface area contributed by atoms with Gasteiger partial charge in [-0.1, -0.05) is 35.7 Å². The summed E-state index contributed by atoms with van der Waals surface area (Å²) in [4.78, 5) is 37.6. The molecule has 0 radical (unpaired) electrons. The summed E-state index contributed by atoms with van der Waals surface area (Å²) in [7, 11) is 0. The van der Waals surface area contributed by atoms with Crippen LogP contribution in [-0.2, 0) is 19.1 Å². The zero-order valence-corrected chi connectivity index (χ0v) is 18.1. The first-order valence-electron chi connectivity index (χ1n) is 10.8. The topological polar surface area (TPSA) is 120 Å². The van der Waals surface area contributed by atoms with Crippen LogP contribution in [0.5, 0.6) is 0 Å². The number of terminal acetylenes is 1. The van der Waals surface area contributed by atoms with Crippen LogP contribution in [0, 0.1) is 47.8 Å². The third kappa shape index (κ3) is 5.46. The van der Waals surface area contributed by atoms with Gasteiger partial charge in [0.25, 0.3) is 0 Å². The fourth-order valence-corrected chi connectivity index (χ4v) is 3.84. The first-order valence-corrected chi connectivity index (χ1v) is 10.8. The van der Waals surface area contributed by atoms with Crippen molar-refractivity contribution in [2.24, 2.45) is 17.3 Å². The fraction of sp³-hybridized carbons (Fsp3) is 0.500. The molecular weight excluding hydrogens is 408 g/mol. The summed E-state index contributed by atoms with van der Waals surface area (Å²) in [5.74, 6) is 0.685. The molecule has 2 fully saturated rings. The second-order valence-corrected chi connectivity index (χ2v) is 8.40. The molecule has 8 nitrogen and oxygen atoms in total. The van der Waals surface area contributed by atoms with Crippen LogP contribution in [0.1, 0.15) is 36.4 Å². The molecule has 1 saturated carbocycles. The molecule has 3 amide bonds. The molecule has 1 heterocycles. The predicted molar refractivity (Wildman–Crippen MR) is 117 cm³/mol. The average molecular weight is 437 g/mol. The maximum Gasteiger partial charge on any atom is 0.243 e. The number of benzene rings is 1. The maximum atomic E-state index is 13.0. The maximum absolute atomic E-state index is 13.0. The van der Waals surface area contributed by atoms with E-state index in [0.29, 0.717) is 25.9 Å². The number of nitrogens with zero attached hydrogens (tertiary/aromatic N) is 1. The molecule has 2 aliphatic rings. The Bertz CT molecular complexity index is 938. The van der Waals surface area contributed by atoms with Crippen LogP contribution in [0.15, 0.2) is 24.3 Å². The summed E-state index contributed by atoms with van der Waals surface area (Å²) in [5.41, 5.74) is 0.645. The summed E-state index contributed by atoms with van der Waals surface area (Å²) in [6.45, 7) is 2.83. The van der Waals surface area contributed by atoms with Crippen molar-refractivity contribution < 1.29 is 19.1 Å². The van der Waals surface area contributed by atoms with Crippen molar-refractivity contribution in [2.75, 3.05) is 26.3 Å². The van der Waals surface area contributed by atoms with Gasteiger partial charge in [0.1, 0.15) is 0 Å². The van der Waals surface area contributed by atoms with Crippen LogP contribution in [0.25, 0.3) is 0 Å². The Balaban J connectivity index is 1.65. The monoisotopic (exact) mass is 436 g/mol. The number of carbonyl (C=O) groups excluding carboxylic acids is 3. The first kappa shape index (κ1) is 23.3. The second kappa shape index (κ2) is 10.3. The van der Waals surface area contributed by atoms with Gasteiger partial charge >= 0.3 is 0 Å². The molecular formula is C24H28N4O4. The molecule has 0 spiro atoms. The Morgan fingerprint density at radius 1 is 1.22 bits per heavy atom. The molecule has 1 aromatic rings. The molecule has 8 heteroatoms. The number of aryl methyl sites for hydroxylation is 1. The van der Waals surface area contributed by atoms with E-state index in [9.17, 15) is 19.6 Å². The number of nitrogens with one attached hydrogen (secondary N) is 3. The minimum absolute atomic E-state index is 0.0544. The third-order valence-electron chi connectivity index (χ3n) is 5.98. The highest BCUT2D eigenvalue weighted by Crippen LogP contribution is 2.38. The van der Waals surface area contributed by atoms with E-state index in [1.165, 1.54) is 0 Å². The smallest absolute Gasteiger partial charge is 0.243 e. The van der Waals surface area contributed by atoms with Gasteiger partial charge in [-0.25, -0.2) is 0 Å². The zero-order valence-electron chi connectivity index (χ0n) is 18.1. The van der Waals surface area contributed by atoms with Gasteiger partial charge in [-0.15, -0.1) is 6.42 Å². The molecule has 1 aliphatic carbocycles. The molecule has 1 aliphatic heterocycles. The Morgan fingerprint density at radius 3 is 2.50 bits per heavy atom. The number of ether oxygens (including phenoxy) is 1. The number of rotatable bonds is 8. The number of amides is 3. The molecule has 2 unspecified atom stereocenters. The molecule has 1 saturated heterocycles. The van der Waals surface area contributed by atoms with E-state index in [1.54, 1.807) is 0 Å². The summed E-state index contributed by atoms with van der Waals surface area (Å²) in [6, 6.07) is 9.22. The van der Waals surface area contributed by atoms with Gasteiger partial charge in [-0.2, -0.15) is 5.26 Å². The quantitative estimate of drug-likeness (QED) is 0.525. The van der Waals surface area contributed by atoms with E-state index in [1.807, 2.05) is 31.2 Å². The normalized spacial score (nSPS) is 24.8. The number of carbonyl (C=O) groups is 3. The predicted octanol–water partition coefficient (Wildman–Crippen LogP) is 0.974. The van der Waals surface area contributed by atoms with Gasteiger partial charge < -0.3 is 20.7 Å². The Labute approximate surface area is 188 Å². The molecule has 3 rings (SSSR count). The minimum atomic E-state index is -1.23. The lowest BCUT2D eigenvalue weighted by atomic mass is 9.82. The van der Waals surface area contributed by atoms with Crippen LogP contribution in [0.4, 0.5) is 0 Å². The second-order valence-electron chi connectivity index (χ2n) is 8.40. The van der Waals surface area contributed by atoms with Crippen molar-refractivity contribution in [2.45, 2.75) is 32.2 Å². The van der Waals surface area contributed by atoms with E-state index in [4.69, 9.17) is 11.2 Å². The van der Waals surface area contributed by atoms with E-state index in [-0.39, 0.29) is 37.4 Å².